The van der Waals surface area contributed by atoms with Gasteiger partial charge < -0.3 is 14.4 Å². The van der Waals surface area contributed by atoms with Crippen LogP contribution >= 0.6 is 15.9 Å². The zero-order valence-electron chi connectivity index (χ0n) is 10.5. The summed E-state index contributed by atoms with van der Waals surface area (Å²) in [4.78, 5) is 27.0. The molecule has 2 aromatic rings. The Bertz CT molecular complexity index is 712. The van der Waals surface area contributed by atoms with E-state index in [1.54, 1.807) is 6.07 Å². The summed E-state index contributed by atoms with van der Waals surface area (Å²) in [6.45, 7) is 2.29. The Morgan fingerprint density at radius 3 is 2.90 bits per heavy atom. The second kappa shape index (κ2) is 5.87. The van der Waals surface area contributed by atoms with Crippen LogP contribution in [0.25, 0.3) is 0 Å². The van der Waals surface area contributed by atoms with E-state index in [0.717, 1.165) is 0 Å². The molecule has 1 aromatic heterocycles. The lowest BCUT2D eigenvalue weighted by Gasteiger charge is -2.09. The van der Waals surface area contributed by atoms with Gasteiger partial charge in [0.25, 0.3) is 5.88 Å². The number of rotatable bonds is 4. The molecule has 1 aromatic carbocycles. The first-order valence-corrected chi connectivity index (χ1v) is 6.58. The highest BCUT2D eigenvalue weighted by atomic mass is 79.9. The third kappa shape index (κ3) is 2.88. The minimum Gasteiger partial charge on any atom is -0.478 e. The van der Waals surface area contributed by atoms with Crippen LogP contribution in [-0.2, 0) is 6.54 Å². The number of nitrogens with zero attached hydrogens (tertiary/aromatic N) is 2. The zero-order chi connectivity index (χ0) is 14.7. The van der Waals surface area contributed by atoms with Crippen molar-refractivity contribution >= 4 is 21.9 Å². The molecule has 0 fully saturated rings. The number of aromatic carboxylic acids is 1. The SMILES string of the molecule is CCn1ccnc(Oc2cc(Br)ccc2C(=O)O)c1=O. The minimum absolute atomic E-state index is 0.0405. The summed E-state index contributed by atoms with van der Waals surface area (Å²) in [5.74, 6) is -1.24. The van der Waals surface area contributed by atoms with Gasteiger partial charge in [-0.15, -0.1) is 0 Å². The van der Waals surface area contributed by atoms with Gasteiger partial charge in [0.15, 0.2) is 0 Å². The van der Waals surface area contributed by atoms with Crippen molar-refractivity contribution < 1.29 is 14.6 Å². The van der Waals surface area contributed by atoms with Crippen molar-refractivity contribution in [2.24, 2.45) is 0 Å². The van der Waals surface area contributed by atoms with Crippen LogP contribution in [0.3, 0.4) is 0 Å². The maximum absolute atomic E-state index is 12.0. The van der Waals surface area contributed by atoms with E-state index in [1.807, 2.05) is 6.92 Å². The number of carbonyl (C=O) groups is 1. The highest BCUT2D eigenvalue weighted by Crippen LogP contribution is 2.26. The van der Waals surface area contributed by atoms with Crippen LogP contribution in [0.4, 0.5) is 0 Å². The lowest BCUT2D eigenvalue weighted by atomic mass is 10.2. The molecular weight excluding hydrogens is 328 g/mol. The van der Waals surface area contributed by atoms with Crippen LogP contribution in [0.15, 0.2) is 39.9 Å². The van der Waals surface area contributed by atoms with Gasteiger partial charge in [-0.1, -0.05) is 15.9 Å². The highest BCUT2D eigenvalue weighted by molar-refractivity contribution is 9.10. The van der Waals surface area contributed by atoms with Crippen LogP contribution in [-0.4, -0.2) is 20.6 Å². The largest absolute Gasteiger partial charge is 0.478 e. The Labute approximate surface area is 122 Å². The fourth-order valence-electron chi connectivity index (χ4n) is 1.61. The van der Waals surface area contributed by atoms with Crippen molar-refractivity contribution in [2.75, 3.05) is 0 Å². The normalized spacial score (nSPS) is 10.3. The average Bonchev–Trinajstić information content (AvgIpc) is 2.41. The second-order valence-corrected chi connectivity index (χ2v) is 4.79. The number of carboxylic acids is 1. The molecule has 1 N–H and O–H groups in total. The van der Waals surface area contributed by atoms with Crippen LogP contribution in [0.2, 0.25) is 0 Å². The Morgan fingerprint density at radius 1 is 1.50 bits per heavy atom. The standard InChI is InChI=1S/C13H11BrN2O4/c1-2-16-6-5-15-11(12(16)17)20-10-7-8(14)3-4-9(10)13(18)19/h3-7H,2H2,1H3,(H,18,19). The highest BCUT2D eigenvalue weighted by Gasteiger charge is 2.15. The fourth-order valence-corrected chi connectivity index (χ4v) is 1.95. The third-order valence-electron chi connectivity index (χ3n) is 2.60. The van der Waals surface area contributed by atoms with Gasteiger partial charge in [-0.3, -0.25) is 4.79 Å². The molecule has 0 saturated heterocycles. The van der Waals surface area contributed by atoms with E-state index < -0.39 is 11.5 Å². The molecule has 2 rings (SSSR count). The minimum atomic E-state index is -1.14. The van der Waals surface area contributed by atoms with Crippen molar-refractivity contribution in [3.8, 4) is 11.6 Å². The molecule has 0 saturated carbocycles. The lowest BCUT2D eigenvalue weighted by Crippen LogP contribution is -2.20. The van der Waals surface area contributed by atoms with E-state index in [4.69, 9.17) is 9.84 Å². The number of ether oxygens (including phenoxy) is 1. The van der Waals surface area contributed by atoms with Gasteiger partial charge in [-0.05, 0) is 25.1 Å². The number of benzene rings is 1. The van der Waals surface area contributed by atoms with Gasteiger partial charge in [0.1, 0.15) is 11.3 Å². The first-order chi connectivity index (χ1) is 9.52. The van der Waals surface area contributed by atoms with Gasteiger partial charge in [0.2, 0.25) is 0 Å². The molecule has 20 heavy (non-hydrogen) atoms. The van der Waals surface area contributed by atoms with Crippen LogP contribution in [0, 0.1) is 0 Å². The lowest BCUT2D eigenvalue weighted by molar-refractivity contribution is 0.0694. The Balaban J connectivity index is 2.47. The molecule has 0 bridgehead atoms. The summed E-state index contributed by atoms with van der Waals surface area (Å²) in [7, 11) is 0. The summed E-state index contributed by atoms with van der Waals surface area (Å²) >= 11 is 3.23. The Kier molecular flexibility index (Phi) is 4.19. The smallest absolute Gasteiger partial charge is 0.339 e. The van der Waals surface area contributed by atoms with E-state index in [1.165, 1.54) is 29.1 Å². The fraction of sp³-hybridized carbons (Fsp3) is 0.154. The van der Waals surface area contributed by atoms with Crippen LogP contribution in [0.5, 0.6) is 11.6 Å². The monoisotopic (exact) mass is 338 g/mol. The number of aromatic nitrogens is 2. The van der Waals surface area contributed by atoms with Crippen molar-refractivity contribution in [3.05, 3.63) is 51.0 Å². The molecule has 0 spiro atoms. The van der Waals surface area contributed by atoms with Crippen LogP contribution in [0.1, 0.15) is 17.3 Å². The first kappa shape index (κ1) is 14.3. The average molecular weight is 339 g/mol. The molecule has 0 radical (unpaired) electrons. The van der Waals surface area contributed by atoms with Crippen molar-refractivity contribution in [2.45, 2.75) is 13.5 Å². The van der Waals surface area contributed by atoms with E-state index in [9.17, 15) is 9.59 Å². The Hall–Kier alpha value is -2.15. The maximum atomic E-state index is 12.0. The number of hydrogen-bond acceptors (Lipinski definition) is 4. The van der Waals surface area contributed by atoms with Gasteiger partial charge >= 0.3 is 11.5 Å². The topological polar surface area (TPSA) is 81.4 Å². The molecule has 0 atom stereocenters. The van der Waals surface area contributed by atoms with Gasteiger partial charge in [-0.2, -0.15) is 0 Å². The summed E-state index contributed by atoms with van der Waals surface area (Å²) in [6, 6.07) is 4.45. The van der Waals surface area contributed by atoms with E-state index in [0.29, 0.717) is 11.0 Å². The van der Waals surface area contributed by atoms with Gasteiger partial charge in [0.05, 0.1) is 0 Å². The quantitative estimate of drug-likeness (QED) is 0.926. The summed E-state index contributed by atoms with van der Waals surface area (Å²) in [6.07, 6.45) is 2.97. The van der Waals surface area contributed by atoms with Gasteiger partial charge in [-0.25, -0.2) is 9.78 Å². The maximum Gasteiger partial charge on any atom is 0.339 e. The molecule has 1 heterocycles. The number of halogens is 1. The summed E-state index contributed by atoms with van der Waals surface area (Å²) in [5, 5.41) is 9.11. The predicted octanol–water partition coefficient (Wildman–Crippen LogP) is 2.52. The molecule has 7 heteroatoms. The van der Waals surface area contributed by atoms with E-state index in [2.05, 4.69) is 20.9 Å². The van der Waals surface area contributed by atoms with Gasteiger partial charge in [0, 0.05) is 23.4 Å². The molecular formula is C13H11BrN2O4. The number of carboxylic acid groups (broad SMARTS) is 1. The molecule has 104 valence electrons. The number of hydrogen-bond donors (Lipinski definition) is 1. The molecule has 0 aliphatic rings. The van der Waals surface area contributed by atoms with Crippen LogP contribution < -0.4 is 10.3 Å². The number of aryl methyl sites for hydroxylation is 1. The molecule has 0 aliphatic heterocycles. The van der Waals surface area contributed by atoms with E-state index >= 15 is 0 Å². The molecule has 0 unspecified atom stereocenters. The molecule has 0 amide bonds. The second-order valence-electron chi connectivity index (χ2n) is 3.87. The van der Waals surface area contributed by atoms with Crippen molar-refractivity contribution in [1.29, 1.82) is 0 Å². The van der Waals surface area contributed by atoms with E-state index in [-0.39, 0.29) is 17.2 Å². The molecule has 0 aliphatic carbocycles. The summed E-state index contributed by atoms with van der Waals surface area (Å²) in [5.41, 5.74) is -0.451. The summed E-state index contributed by atoms with van der Waals surface area (Å²) < 4.78 is 7.43. The third-order valence-corrected chi connectivity index (χ3v) is 3.10. The predicted molar refractivity (Wildman–Crippen MR) is 75.3 cm³/mol. The molecule has 6 nitrogen and oxygen atoms in total. The van der Waals surface area contributed by atoms with Crippen molar-refractivity contribution in [1.82, 2.24) is 9.55 Å². The first-order valence-electron chi connectivity index (χ1n) is 5.79. The Morgan fingerprint density at radius 2 is 2.25 bits per heavy atom. The zero-order valence-corrected chi connectivity index (χ0v) is 12.1. The van der Waals surface area contributed by atoms with Crippen molar-refractivity contribution in [3.63, 3.8) is 0 Å².